The molecule has 0 amide bonds. The Morgan fingerprint density at radius 3 is 2.02 bits per heavy atom. The summed E-state index contributed by atoms with van der Waals surface area (Å²) in [4.78, 5) is 19.6. The first-order valence-corrected chi connectivity index (χ1v) is 17.3. The summed E-state index contributed by atoms with van der Waals surface area (Å²) < 4.78 is 0. The molecule has 0 fully saturated rings. The third-order valence-corrected chi connectivity index (χ3v) is 10.8. The van der Waals surface area contributed by atoms with E-state index in [9.17, 15) is 0 Å². The Kier molecular flexibility index (Phi) is 7.28. The van der Waals surface area contributed by atoms with Crippen LogP contribution in [0.1, 0.15) is 80.2 Å². The van der Waals surface area contributed by atoms with Gasteiger partial charge in [-0.2, -0.15) is 0 Å². The van der Waals surface area contributed by atoms with Crippen LogP contribution in [0.2, 0.25) is 0 Å². The summed E-state index contributed by atoms with van der Waals surface area (Å²) in [6.45, 7) is 11.6. The normalized spacial score (nSPS) is 21.0. The van der Waals surface area contributed by atoms with Crippen molar-refractivity contribution >= 4 is 28.7 Å². The van der Waals surface area contributed by atoms with Gasteiger partial charge in [0, 0.05) is 54.7 Å². The molecule has 5 aromatic rings. The Balaban J connectivity index is 1.27. The van der Waals surface area contributed by atoms with Crippen LogP contribution in [-0.2, 0) is 12.1 Å². The van der Waals surface area contributed by atoms with E-state index in [0.29, 0.717) is 11.8 Å². The second kappa shape index (κ2) is 11.6. The van der Waals surface area contributed by atoms with Gasteiger partial charge in [0.15, 0.2) is 11.6 Å². The van der Waals surface area contributed by atoms with E-state index in [0.717, 1.165) is 23.7 Å². The Hall–Kier alpha value is -5.10. The van der Waals surface area contributed by atoms with E-state index >= 15 is 0 Å². The highest BCUT2D eigenvalue weighted by molar-refractivity contribution is 5.87. The van der Waals surface area contributed by atoms with Crippen molar-refractivity contribution in [2.45, 2.75) is 70.6 Å². The number of rotatable bonds is 7. The lowest BCUT2D eigenvalue weighted by molar-refractivity contribution is 0.228. The van der Waals surface area contributed by atoms with Crippen molar-refractivity contribution < 1.29 is 0 Å². The van der Waals surface area contributed by atoms with Crippen molar-refractivity contribution in [3.63, 3.8) is 0 Å². The molecule has 6 nitrogen and oxygen atoms in total. The quantitative estimate of drug-likeness (QED) is 0.178. The molecule has 0 spiro atoms. The summed E-state index contributed by atoms with van der Waals surface area (Å²) in [5.74, 6) is 2.79. The van der Waals surface area contributed by atoms with Gasteiger partial charge in [-0.15, -0.1) is 0 Å². The second-order valence-corrected chi connectivity index (χ2v) is 14.1. The molecule has 0 saturated heterocycles. The highest BCUT2D eigenvalue weighted by Crippen LogP contribution is 2.56. The molecule has 0 bridgehead atoms. The van der Waals surface area contributed by atoms with E-state index in [-0.39, 0.29) is 12.1 Å². The fourth-order valence-corrected chi connectivity index (χ4v) is 8.33. The van der Waals surface area contributed by atoms with Gasteiger partial charge in [-0.05, 0) is 65.6 Å². The zero-order valence-corrected chi connectivity index (χ0v) is 28.7. The molecule has 48 heavy (non-hydrogen) atoms. The third kappa shape index (κ3) is 4.45. The molecular formula is C42H44N6. The largest absolute Gasteiger partial charge is 0.353 e. The summed E-state index contributed by atoms with van der Waals surface area (Å²) in [6.07, 6.45) is 9.03. The van der Waals surface area contributed by atoms with Gasteiger partial charge in [-0.3, -0.25) is 0 Å². The lowest BCUT2D eigenvalue weighted by atomic mass is 9.84. The fourth-order valence-electron chi connectivity index (χ4n) is 8.33. The van der Waals surface area contributed by atoms with Crippen LogP contribution in [0.3, 0.4) is 0 Å². The number of fused-ring (bicyclic) bond motifs is 5. The number of nitrogens with zero attached hydrogens (tertiary/aromatic N) is 6. The van der Waals surface area contributed by atoms with Crippen molar-refractivity contribution in [2.75, 3.05) is 21.7 Å². The van der Waals surface area contributed by atoms with E-state index in [4.69, 9.17) is 9.97 Å². The van der Waals surface area contributed by atoms with Crippen molar-refractivity contribution in [3.8, 4) is 0 Å². The predicted molar refractivity (Wildman–Crippen MR) is 197 cm³/mol. The van der Waals surface area contributed by atoms with Crippen LogP contribution in [0.15, 0.2) is 122 Å². The topological polar surface area (TPSA) is 38.7 Å². The van der Waals surface area contributed by atoms with Crippen molar-refractivity contribution in [1.82, 2.24) is 14.9 Å². The van der Waals surface area contributed by atoms with Gasteiger partial charge in [-0.1, -0.05) is 107 Å². The number of hydrogen-bond acceptors (Lipinski definition) is 6. The average Bonchev–Trinajstić information content (AvgIpc) is 3.72. The zero-order chi connectivity index (χ0) is 33.2. The highest BCUT2D eigenvalue weighted by Gasteiger charge is 2.51. The maximum absolute atomic E-state index is 4.91. The number of hydrogen-bond donors (Lipinski definition) is 0. The molecule has 3 aliphatic heterocycles. The van der Waals surface area contributed by atoms with E-state index < -0.39 is 5.66 Å². The molecule has 0 N–H and O–H groups in total. The molecule has 4 heterocycles. The fraction of sp³-hybridized carbons (Fsp3) is 0.286. The van der Waals surface area contributed by atoms with Gasteiger partial charge in [-0.25, -0.2) is 9.97 Å². The first-order valence-electron chi connectivity index (χ1n) is 17.3. The van der Waals surface area contributed by atoms with Crippen molar-refractivity contribution in [3.05, 3.63) is 150 Å². The van der Waals surface area contributed by atoms with Gasteiger partial charge in [0.05, 0.1) is 5.69 Å². The zero-order valence-electron chi connectivity index (χ0n) is 28.7. The van der Waals surface area contributed by atoms with Crippen LogP contribution in [0.25, 0.3) is 0 Å². The van der Waals surface area contributed by atoms with Gasteiger partial charge < -0.3 is 19.6 Å². The van der Waals surface area contributed by atoms with Crippen LogP contribution < -0.4 is 14.7 Å². The Bertz CT molecular complexity index is 1960. The molecule has 6 heteroatoms. The summed E-state index contributed by atoms with van der Waals surface area (Å²) in [6, 6.07) is 35.5. The van der Waals surface area contributed by atoms with Crippen LogP contribution in [0.4, 0.5) is 28.7 Å². The van der Waals surface area contributed by atoms with E-state index in [1.165, 1.54) is 39.2 Å². The Labute approximate surface area is 285 Å². The molecule has 242 valence electrons. The molecule has 3 aliphatic rings. The Morgan fingerprint density at radius 2 is 1.31 bits per heavy atom. The minimum Gasteiger partial charge on any atom is -0.353 e. The molecule has 0 saturated carbocycles. The first-order chi connectivity index (χ1) is 23.3. The van der Waals surface area contributed by atoms with Gasteiger partial charge in [0.2, 0.25) is 0 Å². The lowest BCUT2D eigenvalue weighted by Crippen LogP contribution is -2.48. The van der Waals surface area contributed by atoms with E-state index in [2.05, 4.69) is 171 Å². The molecule has 8 rings (SSSR count). The highest BCUT2D eigenvalue weighted by atomic mass is 15.5. The summed E-state index contributed by atoms with van der Waals surface area (Å²) >= 11 is 0. The first kappa shape index (κ1) is 30.2. The van der Waals surface area contributed by atoms with Gasteiger partial charge in [0.1, 0.15) is 11.8 Å². The summed E-state index contributed by atoms with van der Waals surface area (Å²) in [5, 5.41) is 0. The number of aromatic nitrogens is 2. The molecule has 0 aliphatic carbocycles. The van der Waals surface area contributed by atoms with Gasteiger partial charge in [0.25, 0.3) is 0 Å². The third-order valence-electron chi connectivity index (χ3n) is 10.8. The number of para-hydroxylation sites is 3. The minimum atomic E-state index is -0.427. The second-order valence-electron chi connectivity index (χ2n) is 14.1. The molecule has 2 unspecified atom stereocenters. The predicted octanol–water partition coefficient (Wildman–Crippen LogP) is 9.78. The molecule has 0 radical (unpaired) electrons. The van der Waals surface area contributed by atoms with Gasteiger partial charge >= 0.3 is 0 Å². The maximum atomic E-state index is 4.91. The van der Waals surface area contributed by atoms with E-state index in [1.54, 1.807) is 0 Å². The van der Waals surface area contributed by atoms with Crippen LogP contribution in [0, 0.1) is 0 Å². The molecule has 1 aromatic heterocycles. The van der Waals surface area contributed by atoms with Crippen molar-refractivity contribution in [1.29, 1.82) is 0 Å². The van der Waals surface area contributed by atoms with Crippen LogP contribution in [0.5, 0.6) is 0 Å². The molecule has 4 aromatic carbocycles. The smallest absolute Gasteiger partial charge is 0.178 e. The maximum Gasteiger partial charge on any atom is 0.178 e. The van der Waals surface area contributed by atoms with E-state index in [1.807, 2.05) is 12.4 Å². The number of benzene rings is 4. The summed E-state index contributed by atoms with van der Waals surface area (Å²) in [5.41, 5.74) is 10.0. The lowest BCUT2D eigenvalue weighted by Gasteiger charge is -2.45. The molecular weight excluding hydrogens is 589 g/mol. The number of anilines is 5. The monoisotopic (exact) mass is 632 g/mol. The van der Waals surface area contributed by atoms with Crippen LogP contribution >= 0.6 is 0 Å². The van der Waals surface area contributed by atoms with Crippen molar-refractivity contribution in [2.24, 2.45) is 0 Å². The Morgan fingerprint density at radius 1 is 0.688 bits per heavy atom. The standard InChI is InChI=1S/C42H44N6/c1-28(2)32-19-14-20-33(29(3)4)38(32)46-26-25-45(6)42(46,5)36-21-12-10-15-30(36)27-35-34-18-11-13-22-37(34)48-40-39(43-23-24-44-40)47(41(35)48)31-16-8-7-9-17-31/h7-26,28-29,35,41H,27H2,1-6H3/t35-,41?,42?/m0/s1. The molecule has 3 atom stereocenters. The SMILES string of the molecule is CC(C)c1cccc(C(C)C)c1N1C=CN(C)C1(C)c1ccccc1C[C@H]1c2ccccc2N2c3nccnc3N(c3ccccc3)C12. The summed E-state index contributed by atoms with van der Waals surface area (Å²) in [7, 11) is 2.22. The average molecular weight is 633 g/mol. The van der Waals surface area contributed by atoms with Crippen LogP contribution in [-0.4, -0.2) is 28.1 Å². The minimum absolute atomic E-state index is 0.00723.